The SMILES string of the molecule is CCNC/C(C)=C/c1cc(F)cc(F)c1. The van der Waals surface area contributed by atoms with Crippen molar-refractivity contribution in [1.82, 2.24) is 5.32 Å². The maximum absolute atomic E-state index is 12.8. The maximum atomic E-state index is 12.8. The molecule has 0 aliphatic carbocycles. The zero-order chi connectivity index (χ0) is 11.3. The molecule has 0 aliphatic heterocycles. The predicted octanol–water partition coefficient (Wildman–Crippen LogP) is 2.98. The van der Waals surface area contributed by atoms with Gasteiger partial charge in [0.2, 0.25) is 0 Å². The lowest BCUT2D eigenvalue weighted by molar-refractivity contribution is 0.583. The minimum Gasteiger partial charge on any atom is -0.313 e. The van der Waals surface area contributed by atoms with Crippen LogP contribution in [0, 0.1) is 11.6 Å². The van der Waals surface area contributed by atoms with Crippen molar-refractivity contribution in [3.8, 4) is 0 Å². The molecule has 0 saturated heterocycles. The largest absolute Gasteiger partial charge is 0.313 e. The maximum Gasteiger partial charge on any atom is 0.126 e. The molecule has 0 saturated carbocycles. The Morgan fingerprint density at radius 1 is 1.27 bits per heavy atom. The molecule has 1 aromatic carbocycles. The van der Waals surface area contributed by atoms with Gasteiger partial charge < -0.3 is 5.32 Å². The van der Waals surface area contributed by atoms with Crippen molar-refractivity contribution in [2.75, 3.05) is 13.1 Å². The minimum atomic E-state index is -0.544. The summed E-state index contributed by atoms with van der Waals surface area (Å²) in [6.07, 6.45) is 1.77. The van der Waals surface area contributed by atoms with E-state index in [-0.39, 0.29) is 0 Å². The summed E-state index contributed by atoms with van der Waals surface area (Å²) in [5, 5.41) is 3.14. The zero-order valence-electron chi connectivity index (χ0n) is 8.98. The number of nitrogens with one attached hydrogen (secondary N) is 1. The van der Waals surface area contributed by atoms with E-state index in [0.717, 1.165) is 24.7 Å². The molecule has 0 bridgehead atoms. The van der Waals surface area contributed by atoms with Crippen molar-refractivity contribution in [2.45, 2.75) is 13.8 Å². The van der Waals surface area contributed by atoms with Gasteiger partial charge in [-0.25, -0.2) is 8.78 Å². The summed E-state index contributed by atoms with van der Waals surface area (Å²) in [6, 6.07) is 3.51. The predicted molar refractivity (Wildman–Crippen MR) is 58.6 cm³/mol. The zero-order valence-corrected chi connectivity index (χ0v) is 8.98. The number of halogens is 2. The van der Waals surface area contributed by atoms with E-state index in [4.69, 9.17) is 0 Å². The van der Waals surface area contributed by atoms with Crippen molar-refractivity contribution in [2.24, 2.45) is 0 Å². The topological polar surface area (TPSA) is 12.0 Å². The fraction of sp³-hybridized carbons (Fsp3) is 0.333. The number of hydrogen-bond donors (Lipinski definition) is 1. The summed E-state index contributed by atoms with van der Waals surface area (Å²) in [4.78, 5) is 0. The van der Waals surface area contributed by atoms with Crippen molar-refractivity contribution in [3.63, 3.8) is 0 Å². The first-order valence-electron chi connectivity index (χ1n) is 4.96. The highest BCUT2D eigenvalue weighted by molar-refractivity contribution is 5.52. The van der Waals surface area contributed by atoms with E-state index in [1.807, 2.05) is 13.8 Å². The molecule has 3 heteroatoms. The summed E-state index contributed by atoms with van der Waals surface area (Å²) in [7, 11) is 0. The first-order chi connectivity index (χ1) is 7.11. The molecule has 0 amide bonds. The van der Waals surface area contributed by atoms with E-state index in [0.29, 0.717) is 5.56 Å². The summed E-state index contributed by atoms with van der Waals surface area (Å²) in [5.41, 5.74) is 1.60. The van der Waals surface area contributed by atoms with Gasteiger partial charge in [-0.15, -0.1) is 0 Å². The van der Waals surface area contributed by atoms with Crippen molar-refractivity contribution < 1.29 is 8.78 Å². The first kappa shape index (κ1) is 11.9. The Kier molecular flexibility index (Phi) is 4.43. The van der Waals surface area contributed by atoms with Gasteiger partial charge in [0.1, 0.15) is 11.6 Å². The van der Waals surface area contributed by atoms with Crippen LogP contribution in [0.3, 0.4) is 0 Å². The average molecular weight is 211 g/mol. The molecule has 0 aliphatic rings. The normalized spacial score (nSPS) is 11.9. The Morgan fingerprint density at radius 2 is 1.87 bits per heavy atom. The standard InChI is InChI=1S/C12H15F2N/c1-3-15-8-9(2)4-10-5-11(13)7-12(14)6-10/h4-7,15H,3,8H2,1-2H3/b9-4+. The second-order valence-corrected chi connectivity index (χ2v) is 3.47. The van der Waals surface area contributed by atoms with Gasteiger partial charge in [-0.05, 0) is 31.2 Å². The van der Waals surface area contributed by atoms with Crippen molar-refractivity contribution in [3.05, 3.63) is 41.0 Å². The molecule has 0 heterocycles. The van der Waals surface area contributed by atoms with Crippen molar-refractivity contribution >= 4 is 6.08 Å². The van der Waals surface area contributed by atoms with Gasteiger partial charge >= 0.3 is 0 Å². The van der Waals surface area contributed by atoms with Crippen LogP contribution in [0.25, 0.3) is 6.08 Å². The second kappa shape index (κ2) is 5.61. The molecule has 82 valence electrons. The van der Waals surface area contributed by atoms with Gasteiger partial charge in [0.15, 0.2) is 0 Å². The Balaban J connectivity index is 2.78. The Labute approximate surface area is 88.8 Å². The third-order valence-corrected chi connectivity index (χ3v) is 1.95. The molecule has 1 aromatic rings. The third kappa shape index (κ3) is 4.21. The quantitative estimate of drug-likeness (QED) is 0.807. The van der Waals surface area contributed by atoms with Crippen LogP contribution in [0.4, 0.5) is 8.78 Å². The van der Waals surface area contributed by atoms with Gasteiger partial charge in [-0.2, -0.15) is 0 Å². The molecule has 1 N–H and O–H groups in total. The van der Waals surface area contributed by atoms with Crippen LogP contribution >= 0.6 is 0 Å². The summed E-state index contributed by atoms with van der Waals surface area (Å²) in [6.45, 7) is 5.54. The van der Waals surface area contributed by atoms with E-state index >= 15 is 0 Å². The summed E-state index contributed by atoms with van der Waals surface area (Å²) in [5.74, 6) is -1.09. The van der Waals surface area contributed by atoms with Gasteiger partial charge in [-0.3, -0.25) is 0 Å². The molecule has 1 rings (SSSR count). The summed E-state index contributed by atoms with van der Waals surface area (Å²) < 4.78 is 25.7. The highest BCUT2D eigenvalue weighted by Crippen LogP contribution is 2.11. The van der Waals surface area contributed by atoms with E-state index in [1.54, 1.807) is 6.08 Å². The van der Waals surface area contributed by atoms with Crippen LogP contribution in [-0.2, 0) is 0 Å². The van der Waals surface area contributed by atoms with E-state index < -0.39 is 11.6 Å². The molecule has 0 fully saturated rings. The lowest BCUT2D eigenvalue weighted by Crippen LogP contribution is -2.14. The van der Waals surface area contributed by atoms with Crippen LogP contribution < -0.4 is 5.32 Å². The van der Waals surface area contributed by atoms with Crippen LogP contribution in [-0.4, -0.2) is 13.1 Å². The molecular formula is C12H15F2N. The van der Waals surface area contributed by atoms with Crippen molar-refractivity contribution in [1.29, 1.82) is 0 Å². The van der Waals surface area contributed by atoms with Crippen LogP contribution in [0.5, 0.6) is 0 Å². The van der Waals surface area contributed by atoms with Gasteiger partial charge in [0.05, 0.1) is 0 Å². The third-order valence-electron chi connectivity index (χ3n) is 1.95. The molecule has 0 atom stereocenters. The van der Waals surface area contributed by atoms with Gasteiger partial charge in [0, 0.05) is 12.6 Å². The number of rotatable bonds is 4. The van der Waals surface area contributed by atoms with Crippen LogP contribution in [0.15, 0.2) is 23.8 Å². The average Bonchev–Trinajstić information content (AvgIpc) is 2.13. The van der Waals surface area contributed by atoms with E-state index in [2.05, 4.69) is 5.32 Å². The van der Waals surface area contributed by atoms with E-state index in [1.165, 1.54) is 12.1 Å². The second-order valence-electron chi connectivity index (χ2n) is 3.47. The number of likely N-dealkylation sites (N-methyl/N-ethyl adjacent to an activating group) is 1. The molecular weight excluding hydrogens is 196 g/mol. The monoisotopic (exact) mass is 211 g/mol. The van der Waals surface area contributed by atoms with E-state index in [9.17, 15) is 8.78 Å². The van der Waals surface area contributed by atoms with Gasteiger partial charge in [-0.1, -0.05) is 18.6 Å². The van der Waals surface area contributed by atoms with Crippen LogP contribution in [0.2, 0.25) is 0 Å². The fourth-order valence-corrected chi connectivity index (χ4v) is 1.32. The highest BCUT2D eigenvalue weighted by atomic mass is 19.1. The minimum absolute atomic E-state index is 0.544. The lowest BCUT2D eigenvalue weighted by Gasteiger charge is -2.02. The summed E-state index contributed by atoms with van der Waals surface area (Å²) >= 11 is 0. The van der Waals surface area contributed by atoms with Gasteiger partial charge in [0.25, 0.3) is 0 Å². The molecule has 1 nitrogen and oxygen atoms in total. The molecule has 0 radical (unpaired) electrons. The fourth-order valence-electron chi connectivity index (χ4n) is 1.32. The molecule has 0 unspecified atom stereocenters. The molecule has 0 aromatic heterocycles. The first-order valence-corrected chi connectivity index (χ1v) is 4.96. The Morgan fingerprint density at radius 3 is 2.40 bits per heavy atom. The smallest absolute Gasteiger partial charge is 0.126 e. The highest BCUT2D eigenvalue weighted by Gasteiger charge is 1.98. The number of hydrogen-bond acceptors (Lipinski definition) is 1. The molecule has 0 spiro atoms. The Hall–Kier alpha value is -1.22. The number of benzene rings is 1. The van der Waals surface area contributed by atoms with Crippen LogP contribution in [0.1, 0.15) is 19.4 Å². The lowest BCUT2D eigenvalue weighted by atomic mass is 10.1. The molecule has 15 heavy (non-hydrogen) atoms. The Bertz CT molecular complexity index is 338.